The highest BCUT2D eigenvalue weighted by molar-refractivity contribution is 7.86. The van der Waals surface area contributed by atoms with Crippen LogP contribution in [0.1, 0.15) is 20.8 Å². The first-order valence-electron chi connectivity index (χ1n) is 6.54. The van der Waals surface area contributed by atoms with Gasteiger partial charge in [-0.25, -0.2) is 0 Å². The molecule has 0 aromatic heterocycles. The average molecular weight is 314 g/mol. The molecule has 0 aliphatic carbocycles. The topological polar surface area (TPSA) is 61.9 Å². The Labute approximate surface area is 122 Å². The molecule has 2 aliphatic rings. The summed E-state index contributed by atoms with van der Waals surface area (Å²) in [6.07, 6.45) is -0.0801. The highest BCUT2D eigenvalue weighted by Crippen LogP contribution is 2.19. The Bertz CT molecular complexity index is 383. The van der Waals surface area contributed by atoms with Crippen molar-refractivity contribution in [3.8, 4) is 0 Å². The summed E-state index contributed by atoms with van der Waals surface area (Å²) < 4.78 is 34.0. The number of rotatable bonds is 2. The number of morpholine rings is 1. The second kappa shape index (κ2) is 6.69. The minimum Gasteiger partial charge on any atom is -0.373 e. The fraction of sp³-hybridized carbons (Fsp3) is 1.00. The van der Waals surface area contributed by atoms with E-state index in [1.54, 1.807) is 8.61 Å². The standard InChI is InChI=1S/C11H23N3O3S.ClH/c1-9-6-12-4-5-14(9)18(15,16)13-7-10(2)17-11(3)8-13;/h9-12H,4-8H2,1-3H3;1H. The minimum atomic E-state index is -3.35. The van der Waals surface area contributed by atoms with Crippen molar-refractivity contribution in [1.29, 1.82) is 0 Å². The van der Waals surface area contributed by atoms with Gasteiger partial charge in [-0.15, -0.1) is 12.4 Å². The molecule has 1 N–H and O–H groups in total. The predicted octanol–water partition coefficient (Wildman–Crippen LogP) is 0.0559. The van der Waals surface area contributed by atoms with Gasteiger partial charge in [0.2, 0.25) is 0 Å². The Hall–Kier alpha value is 0.0800. The zero-order chi connectivity index (χ0) is 13.3. The number of ether oxygens (including phenoxy) is 1. The van der Waals surface area contributed by atoms with Crippen molar-refractivity contribution in [1.82, 2.24) is 13.9 Å². The molecule has 2 rings (SSSR count). The smallest absolute Gasteiger partial charge is 0.282 e. The Morgan fingerprint density at radius 1 is 1.16 bits per heavy atom. The Balaban J connectivity index is 0.00000180. The van der Waals surface area contributed by atoms with Crippen LogP contribution in [0.15, 0.2) is 0 Å². The number of hydrogen-bond acceptors (Lipinski definition) is 4. The summed E-state index contributed by atoms with van der Waals surface area (Å²) in [5.41, 5.74) is 0. The summed E-state index contributed by atoms with van der Waals surface area (Å²) in [5, 5.41) is 3.21. The van der Waals surface area contributed by atoms with Crippen molar-refractivity contribution in [3.05, 3.63) is 0 Å². The lowest BCUT2D eigenvalue weighted by Gasteiger charge is -2.40. The quantitative estimate of drug-likeness (QED) is 0.783. The van der Waals surface area contributed by atoms with Crippen molar-refractivity contribution in [3.63, 3.8) is 0 Å². The van der Waals surface area contributed by atoms with E-state index >= 15 is 0 Å². The lowest BCUT2D eigenvalue weighted by atomic mass is 10.3. The van der Waals surface area contributed by atoms with Crippen LogP contribution in [0.5, 0.6) is 0 Å². The number of piperazine rings is 1. The summed E-state index contributed by atoms with van der Waals surface area (Å²) in [6, 6.07) is 0.0113. The Morgan fingerprint density at radius 2 is 1.74 bits per heavy atom. The molecular weight excluding hydrogens is 290 g/mol. The molecular formula is C11H24ClN3O3S. The van der Waals surface area contributed by atoms with E-state index in [0.29, 0.717) is 26.2 Å². The monoisotopic (exact) mass is 313 g/mol. The molecule has 8 heteroatoms. The lowest BCUT2D eigenvalue weighted by Crippen LogP contribution is -2.59. The molecule has 0 bridgehead atoms. The van der Waals surface area contributed by atoms with Crippen LogP contribution < -0.4 is 5.32 Å². The largest absolute Gasteiger partial charge is 0.373 e. The maximum Gasteiger partial charge on any atom is 0.282 e. The van der Waals surface area contributed by atoms with Crippen LogP contribution in [0, 0.1) is 0 Å². The molecule has 2 fully saturated rings. The normalized spacial score (nSPS) is 34.8. The number of nitrogens with one attached hydrogen (secondary N) is 1. The van der Waals surface area contributed by atoms with Crippen LogP contribution in [0.3, 0.4) is 0 Å². The molecule has 2 heterocycles. The highest BCUT2D eigenvalue weighted by atomic mass is 35.5. The summed E-state index contributed by atoms with van der Waals surface area (Å²) in [5.74, 6) is 0. The van der Waals surface area contributed by atoms with Crippen molar-refractivity contribution in [2.24, 2.45) is 0 Å². The van der Waals surface area contributed by atoms with Gasteiger partial charge in [-0.1, -0.05) is 0 Å². The van der Waals surface area contributed by atoms with Crippen molar-refractivity contribution >= 4 is 22.6 Å². The molecule has 2 aliphatic heterocycles. The maximum absolute atomic E-state index is 12.6. The second-order valence-corrected chi connectivity index (χ2v) is 7.13. The van der Waals surface area contributed by atoms with E-state index in [1.165, 1.54) is 0 Å². The molecule has 19 heavy (non-hydrogen) atoms. The molecule has 3 atom stereocenters. The van der Waals surface area contributed by atoms with Gasteiger partial charge >= 0.3 is 0 Å². The van der Waals surface area contributed by atoms with Crippen molar-refractivity contribution in [2.75, 3.05) is 32.7 Å². The summed E-state index contributed by atoms with van der Waals surface area (Å²) in [4.78, 5) is 0. The molecule has 6 nitrogen and oxygen atoms in total. The molecule has 114 valence electrons. The second-order valence-electron chi connectivity index (χ2n) is 5.25. The van der Waals surface area contributed by atoms with Gasteiger partial charge in [-0.05, 0) is 20.8 Å². The maximum atomic E-state index is 12.6. The van der Waals surface area contributed by atoms with E-state index in [0.717, 1.165) is 6.54 Å². The summed E-state index contributed by atoms with van der Waals surface area (Å²) in [7, 11) is -3.35. The van der Waals surface area contributed by atoms with E-state index in [-0.39, 0.29) is 30.7 Å². The van der Waals surface area contributed by atoms with E-state index in [9.17, 15) is 8.42 Å². The number of hydrogen-bond donors (Lipinski definition) is 1. The van der Waals surface area contributed by atoms with Gasteiger partial charge in [-0.2, -0.15) is 17.0 Å². The van der Waals surface area contributed by atoms with Gasteiger partial charge in [0.25, 0.3) is 10.2 Å². The zero-order valence-corrected chi connectivity index (χ0v) is 13.3. The first-order chi connectivity index (χ1) is 8.41. The van der Waals surface area contributed by atoms with Gasteiger partial charge in [0, 0.05) is 38.8 Å². The van der Waals surface area contributed by atoms with E-state index in [4.69, 9.17) is 4.74 Å². The SMILES string of the molecule is CC1CN(S(=O)(=O)N2CCNCC2C)CC(C)O1.Cl. The molecule has 2 saturated heterocycles. The van der Waals surface area contributed by atoms with Crippen LogP contribution in [0.4, 0.5) is 0 Å². The Kier molecular flexibility index (Phi) is 6.03. The average Bonchev–Trinajstić information content (AvgIpc) is 2.28. The molecule has 0 aromatic carbocycles. The molecule has 3 unspecified atom stereocenters. The van der Waals surface area contributed by atoms with Gasteiger partial charge in [-0.3, -0.25) is 0 Å². The van der Waals surface area contributed by atoms with Gasteiger partial charge in [0.15, 0.2) is 0 Å². The van der Waals surface area contributed by atoms with Crippen LogP contribution in [-0.4, -0.2) is 68.0 Å². The van der Waals surface area contributed by atoms with Crippen LogP contribution in [0.2, 0.25) is 0 Å². The number of halogens is 1. The van der Waals surface area contributed by atoms with Crippen molar-refractivity contribution < 1.29 is 13.2 Å². The van der Waals surface area contributed by atoms with Gasteiger partial charge in [0.05, 0.1) is 12.2 Å². The molecule has 0 aromatic rings. The van der Waals surface area contributed by atoms with Crippen LogP contribution in [0.25, 0.3) is 0 Å². The van der Waals surface area contributed by atoms with Gasteiger partial charge < -0.3 is 10.1 Å². The molecule has 0 amide bonds. The van der Waals surface area contributed by atoms with Crippen LogP contribution in [-0.2, 0) is 14.9 Å². The van der Waals surface area contributed by atoms with E-state index in [1.807, 2.05) is 20.8 Å². The third kappa shape index (κ3) is 3.80. The Morgan fingerprint density at radius 3 is 2.26 bits per heavy atom. The van der Waals surface area contributed by atoms with Crippen molar-refractivity contribution in [2.45, 2.75) is 39.0 Å². The first-order valence-corrected chi connectivity index (χ1v) is 7.94. The third-order valence-corrected chi connectivity index (χ3v) is 5.53. The summed E-state index contributed by atoms with van der Waals surface area (Å²) >= 11 is 0. The molecule has 0 spiro atoms. The third-order valence-electron chi connectivity index (χ3n) is 3.45. The predicted molar refractivity (Wildman–Crippen MR) is 76.8 cm³/mol. The minimum absolute atomic E-state index is 0. The van der Waals surface area contributed by atoms with E-state index in [2.05, 4.69) is 5.32 Å². The van der Waals surface area contributed by atoms with Crippen LogP contribution >= 0.6 is 12.4 Å². The zero-order valence-electron chi connectivity index (χ0n) is 11.7. The fourth-order valence-electron chi connectivity index (χ4n) is 2.63. The first kappa shape index (κ1) is 17.1. The number of nitrogens with zero attached hydrogens (tertiary/aromatic N) is 2. The molecule has 0 radical (unpaired) electrons. The fourth-order valence-corrected chi connectivity index (χ4v) is 4.58. The van der Waals surface area contributed by atoms with E-state index < -0.39 is 10.2 Å². The highest BCUT2D eigenvalue weighted by Gasteiger charge is 2.38. The van der Waals surface area contributed by atoms with Gasteiger partial charge in [0.1, 0.15) is 0 Å². The summed E-state index contributed by atoms with van der Waals surface area (Å²) in [6.45, 7) is 8.65. The lowest BCUT2D eigenvalue weighted by molar-refractivity contribution is -0.0458. The molecule has 0 saturated carbocycles.